The molecule has 140 valence electrons. The van der Waals surface area contributed by atoms with Crippen molar-refractivity contribution in [2.24, 2.45) is 12.1 Å². The summed E-state index contributed by atoms with van der Waals surface area (Å²) in [5, 5.41) is 6.25. The minimum Gasteiger partial charge on any atom is -0.380 e. The molecule has 2 aromatic heterocycles. The Kier molecular flexibility index (Phi) is 5.08. The maximum Gasteiger partial charge on any atom is 0.332 e. The van der Waals surface area contributed by atoms with E-state index < -0.39 is 0 Å². The van der Waals surface area contributed by atoms with Crippen molar-refractivity contribution >= 4 is 22.8 Å². The van der Waals surface area contributed by atoms with Crippen molar-refractivity contribution < 1.29 is 4.74 Å². The van der Waals surface area contributed by atoms with Crippen LogP contribution in [0, 0.1) is 0 Å². The van der Waals surface area contributed by atoms with Crippen LogP contribution in [0.15, 0.2) is 26.8 Å². The van der Waals surface area contributed by atoms with Crippen LogP contribution in [0.5, 0.6) is 0 Å². The van der Waals surface area contributed by atoms with E-state index in [2.05, 4.69) is 10.1 Å². The molecule has 0 fully saturated rings. The molecular weight excluding hydrogens is 336 g/mol. The van der Waals surface area contributed by atoms with Gasteiger partial charge in [-0.2, -0.15) is 10.1 Å². The molecule has 26 heavy (non-hydrogen) atoms. The first-order valence-corrected chi connectivity index (χ1v) is 8.70. The van der Waals surface area contributed by atoms with E-state index in [9.17, 15) is 9.59 Å². The molecule has 0 aromatic carbocycles. The fourth-order valence-corrected chi connectivity index (χ4v) is 3.04. The number of nitrogens with zero attached hydrogens (tertiary/aromatic N) is 6. The van der Waals surface area contributed by atoms with Gasteiger partial charge in [-0.1, -0.05) is 12.2 Å². The van der Waals surface area contributed by atoms with Crippen LogP contribution in [0.1, 0.15) is 20.8 Å². The predicted octanol–water partition coefficient (Wildman–Crippen LogP) is 0.705. The number of anilines is 1. The second-order valence-electron chi connectivity index (χ2n) is 6.15. The Bertz CT molecular complexity index is 995. The number of hydrogen-bond donors (Lipinski definition) is 0. The first-order valence-electron chi connectivity index (χ1n) is 8.70. The summed E-state index contributed by atoms with van der Waals surface area (Å²) in [4.78, 5) is 30.1. The predicted molar refractivity (Wildman–Crippen MR) is 101 cm³/mol. The maximum atomic E-state index is 13.0. The van der Waals surface area contributed by atoms with Crippen molar-refractivity contribution in [3.05, 3.63) is 33.0 Å². The molecule has 0 unspecified atom stereocenters. The Morgan fingerprint density at radius 2 is 2.08 bits per heavy atom. The van der Waals surface area contributed by atoms with Crippen molar-refractivity contribution in [3.8, 4) is 0 Å². The van der Waals surface area contributed by atoms with Crippen LogP contribution >= 0.6 is 0 Å². The third-order valence-electron chi connectivity index (χ3n) is 4.30. The van der Waals surface area contributed by atoms with E-state index in [0.29, 0.717) is 43.4 Å². The van der Waals surface area contributed by atoms with Gasteiger partial charge >= 0.3 is 5.69 Å². The number of hydrogen-bond acceptors (Lipinski definition) is 6. The molecule has 0 bridgehead atoms. The van der Waals surface area contributed by atoms with E-state index in [1.807, 2.05) is 31.4 Å². The van der Waals surface area contributed by atoms with Crippen LogP contribution in [0.4, 0.5) is 5.95 Å². The molecule has 9 nitrogen and oxygen atoms in total. The summed E-state index contributed by atoms with van der Waals surface area (Å²) < 4.78 is 9.89. The lowest BCUT2D eigenvalue weighted by Gasteiger charge is -2.24. The first-order chi connectivity index (χ1) is 12.5. The summed E-state index contributed by atoms with van der Waals surface area (Å²) in [5.41, 5.74) is 0.941. The van der Waals surface area contributed by atoms with Crippen LogP contribution in [0.2, 0.25) is 0 Å². The van der Waals surface area contributed by atoms with Crippen LogP contribution in [0.3, 0.4) is 0 Å². The molecule has 0 aliphatic carbocycles. The van der Waals surface area contributed by atoms with Gasteiger partial charge in [0.1, 0.15) is 0 Å². The second-order valence-corrected chi connectivity index (χ2v) is 6.15. The second kappa shape index (κ2) is 7.28. The average Bonchev–Trinajstić information content (AvgIpc) is 2.99. The number of aromatic nitrogens is 4. The third-order valence-corrected chi connectivity index (χ3v) is 4.30. The number of allylic oxidation sites excluding steroid dienone is 2. The number of ether oxygens (including phenoxy) is 1. The van der Waals surface area contributed by atoms with Gasteiger partial charge in [-0.3, -0.25) is 18.5 Å². The Morgan fingerprint density at radius 1 is 1.31 bits per heavy atom. The summed E-state index contributed by atoms with van der Waals surface area (Å²) in [7, 11) is 1.63. The molecule has 9 heteroatoms. The number of hydrazone groups is 1. The van der Waals surface area contributed by atoms with E-state index in [0.717, 1.165) is 5.71 Å². The van der Waals surface area contributed by atoms with Crippen molar-refractivity contribution in [1.82, 2.24) is 18.7 Å². The molecule has 2 aromatic rings. The van der Waals surface area contributed by atoms with Gasteiger partial charge in [-0.15, -0.1) is 0 Å². The van der Waals surface area contributed by atoms with Crippen LogP contribution < -0.4 is 16.3 Å². The summed E-state index contributed by atoms with van der Waals surface area (Å²) in [6.45, 7) is 8.04. The van der Waals surface area contributed by atoms with Crippen LogP contribution in [0.25, 0.3) is 11.2 Å². The molecular formula is C17H24N6O3. The largest absolute Gasteiger partial charge is 0.380 e. The standard InChI is InChI=1S/C17H24N6O3/c1-5-7-8-21-15(24)13-14(20(4)17(21)25)18-16-22(13)11-12(3)19-23(16)9-10-26-6-2/h5,7H,6,8-11H2,1-4H3/b7-5+. The number of fused-ring (bicyclic) bond motifs is 3. The zero-order valence-electron chi connectivity index (χ0n) is 15.6. The van der Waals surface area contributed by atoms with Crippen molar-refractivity contribution in [2.75, 3.05) is 24.8 Å². The fourth-order valence-electron chi connectivity index (χ4n) is 3.04. The highest BCUT2D eigenvalue weighted by Gasteiger charge is 2.26. The highest BCUT2D eigenvalue weighted by atomic mass is 16.5. The lowest BCUT2D eigenvalue weighted by molar-refractivity contribution is 0.153. The van der Waals surface area contributed by atoms with E-state index in [4.69, 9.17) is 4.74 Å². The number of aryl methyl sites for hydroxylation is 1. The summed E-state index contributed by atoms with van der Waals surface area (Å²) in [6.07, 6.45) is 3.59. The van der Waals surface area contributed by atoms with E-state index in [1.165, 1.54) is 9.13 Å². The zero-order valence-corrected chi connectivity index (χ0v) is 15.6. The highest BCUT2D eigenvalue weighted by molar-refractivity contribution is 5.87. The zero-order chi connectivity index (χ0) is 18.8. The van der Waals surface area contributed by atoms with Crippen molar-refractivity contribution in [3.63, 3.8) is 0 Å². The molecule has 0 saturated carbocycles. The first kappa shape index (κ1) is 18.1. The van der Waals surface area contributed by atoms with Gasteiger partial charge in [0, 0.05) is 20.2 Å². The monoisotopic (exact) mass is 360 g/mol. The Hall–Kier alpha value is -2.68. The van der Waals surface area contributed by atoms with Gasteiger partial charge in [0.05, 0.1) is 25.4 Å². The van der Waals surface area contributed by atoms with Gasteiger partial charge in [-0.05, 0) is 20.8 Å². The minimum absolute atomic E-state index is 0.236. The molecule has 3 rings (SSSR count). The molecule has 0 spiro atoms. The average molecular weight is 360 g/mol. The Labute approximate surface area is 150 Å². The van der Waals surface area contributed by atoms with Gasteiger partial charge < -0.3 is 4.74 Å². The van der Waals surface area contributed by atoms with Gasteiger partial charge in [-0.25, -0.2) is 9.80 Å². The normalized spacial score (nSPS) is 14.3. The summed E-state index contributed by atoms with van der Waals surface area (Å²) in [6, 6.07) is 0. The lowest BCUT2D eigenvalue weighted by Crippen LogP contribution is -2.39. The van der Waals surface area contributed by atoms with E-state index in [1.54, 1.807) is 18.1 Å². The molecule has 0 amide bonds. The summed E-state index contributed by atoms with van der Waals surface area (Å²) >= 11 is 0. The molecule has 1 aliphatic heterocycles. The van der Waals surface area contributed by atoms with E-state index >= 15 is 0 Å². The highest BCUT2D eigenvalue weighted by Crippen LogP contribution is 2.23. The molecule has 0 radical (unpaired) electrons. The molecule has 0 atom stereocenters. The minimum atomic E-state index is -0.380. The molecule has 3 heterocycles. The van der Waals surface area contributed by atoms with Gasteiger partial charge in [0.25, 0.3) is 5.56 Å². The van der Waals surface area contributed by atoms with Crippen molar-refractivity contribution in [1.29, 1.82) is 0 Å². The number of rotatable bonds is 6. The SMILES string of the molecule is C/C=C/Cn1c(=O)c2c(nc3n2CC(C)=NN3CCOCC)n(C)c1=O. The third kappa shape index (κ3) is 2.98. The molecule has 1 aliphatic rings. The maximum absolute atomic E-state index is 13.0. The fraction of sp³-hybridized carbons (Fsp3) is 0.529. The molecule has 0 N–H and O–H groups in total. The van der Waals surface area contributed by atoms with Crippen molar-refractivity contribution in [2.45, 2.75) is 33.9 Å². The van der Waals surface area contributed by atoms with Crippen LogP contribution in [-0.4, -0.2) is 44.2 Å². The van der Waals surface area contributed by atoms with Crippen LogP contribution in [-0.2, 0) is 24.9 Å². The van der Waals surface area contributed by atoms with Gasteiger partial charge in [0.2, 0.25) is 5.95 Å². The topological polar surface area (TPSA) is 86.7 Å². The quantitative estimate of drug-likeness (QED) is 0.559. The molecule has 0 saturated heterocycles. The van der Waals surface area contributed by atoms with Gasteiger partial charge in [0.15, 0.2) is 11.2 Å². The Balaban J connectivity index is 2.19. The van der Waals surface area contributed by atoms with E-state index in [-0.39, 0.29) is 17.8 Å². The smallest absolute Gasteiger partial charge is 0.332 e. The number of imidazole rings is 1. The lowest BCUT2D eigenvalue weighted by atomic mass is 10.3. The Morgan fingerprint density at radius 3 is 2.77 bits per heavy atom. The summed E-state index contributed by atoms with van der Waals surface area (Å²) in [5.74, 6) is 0.557.